The fraction of sp³-hybridized carbons (Fsp3) is 0.571. The number of carbonyl (C=O) groups is 1. The average Bonchev–Trinajstić information content (AvgIpc) is 2.87. The molecule has 0 N–H and O–H groups in total. The molecule has 1 aromatic heterocycles. The summed E-state index contributed by atoms with van der Waals surface area (Å²) in [6.45, 7) is -0.796. The normalized spacial score (nSPS) is 25.7. The van der Waals surface area contributed by atoms with Crippen molar-refractivity contribution >= 4 is 27.7 Å². The highest BCUT2D eigenvalue weighted by Gasteiger charge is 2.47. The first kappa shape index (κ1) is 18.3. The van der Waals surface area contributed by atoms with Crippen molar-refractivity contribution in [3.05, 3.63) is 23.4 Å². The van der Waals surface area contributed by atoms with Crippen LogP contribution in [0.1, 0.15) is 12.8 Å². The molecule has 25 heavy (non-hydrogen) atoms. The third-order valence-corrected chi connectivity index (χ3v) is 6.31. The Morgan fingerprint density at radius 1 is 1.40 bits per heavy atom. The molecule has 3 rings (SSSR count). The second-order valence-electron chi connectivity index (χ2n) is 6.06. The molecule has 2 saturated heterocycles. The Hall–Kier alpha value is -1.52. The number of ether oxygens (including phenoxy) is 1. The fourth-order valence-corrected chi connectivity index (χ4v) is 4.89. The van der Waals surface area contributed by atoms with Crippen LogP contribution >= 0.6 is 11.6 Å². The largest absolute Gasteiger partial charge is 0.416 e. The summed E-state index contributed by atoms with van der Waals surface area (Å²) in [6, 6.07) is 1.81. The molecule has 0 radical (unpaired) electrons. The summed E-state index contributed by atoms with van der Waals surface area (Å²) in [4.78, 5) is 16.8. The van der Waals surface area contributed by atoms with Gasteiger partial charge in [-0.1, -0.05) is 11.6 Å². The molecule has 0 bridgehead atoms. The van der Waals surface area contributed by atoms with Crippen LogP contribution in [0.2, 0.25) is 5.02 Å². The number of sulfonamides is 1. The van der Waals surface area contributed by atoms with Gasteiger partial charge in [-0.15, -0.1) is 0 Å². The van der Waals surface area contributed by atoms with Crippen molar-refractivity contribution in [3.63, 3.8) is 0 Å². The van der Waals surface area contributed by atoms with Gasteiger partial charge in [-0.3, -0.25) is 0 Å². The third kappa shape index (κ3) is 4.18. The fourth-order valence-electron chi connectivity index (χ4n) is 3.05. The zero-order chi connectivity index (χ0) is 18.2. The maximum atomic E-state index is 14.1. The predicted octanol–water partition coefficient (Wildman–Crippen LogP) is 1.98. The van der Waals surface area contributed by atoms with Crippen molar-refractivity contribution in [3.8, 4) is 5.88 Å². The number of halogens is 3. The van der Waals surface area contributed by atoms with Crippen LogP contribution in [0.25, 0.3) is 0 Å². The van der Waals surface area contributed by atoms with Crippen LogP contribution in [0.5, 0.6) is 5.88 Å². The predicted molar refractivity (Wildman–Crippen MR) is 85.3 cm³/mol. The van der Waals surface area contributed by atoms with Crippen LogP contribution in [0, 0.1) is 0 Å². The number of piperidine rings is 1. The topological polar surface area (TPSA) is 79.8 Å². The molecule has 2 aliphatic rings. The van der Waals surface area contributed by atoms with Crippen molar-refractivity contribution < 1.29 is 26.7 Å². The number of hydrogen-bond donors (Lipinski definition) is 0. The van der Waals surface area contributed by atoms with E-state index in [2.05, 4.69) is 4.98 Å². The number of amides is 1. The molecule has 1 amide bonds. The van der Waals surface area contributed by atoms with E-state index in [1.165, 1.54) is 18.3 Å². The monoisotopic (exact) mass is 395 g/mol. The lowest BCUT2D eigenvalue weighted by Gasteiger charge is -2.39. The SMILES string of the molecule is O=C(Oc1ccc(Cl)cn1)N1CC(N2CCCS2(=O)=O)CC(F)(F)C1. The summed E-state index contributed by atoms with van der Waals surface area (Å²) in [7, 11) is -3.56. The average molecular weight is 396 g/mol. The van der Waals surface area contributed by atoms with E-state index in [9.17, 15) is 22.0 Å². The van der Waals surface area contributed by atoms with E-state index in [1.54, 1.807) is 0 Å². The molecule has 2 fully saturated rings. The zero-order valence-electron chi connectivity index (χ0n) is 13.1. The molecule has 1 atom stereocenters. The van der Waals surface area contributed by atoms with Gasteiger partial charge < -0.3 is 9.64 Å². The van der Waals surface area contributed by atoms with Crippen LogP contribution in [0.4, 0.5) is 13.6 Å². The number of rotatable bonds is 2. The first-order valence-electron chi connectivity index (χ1n) is 7.62. The first-order valence-corrected chi connectivity index (χ1v) is 9.61. The Balaban J connectivity index is 1.74. The van der Waals surface area contributed by atoms with E-state index in [4.69, 9.17) is 16.3 Å². The number of carbonyl (C=O) groups excluding carboxylic acids is 1. The molecule has 1 unspecified atom stereocenters. The van der Waals surface area contributed by atoms with Crippen LogP contribution in [-0.2, 0) is 10.0 Å². The van der Waals surface area contributed by atoms with E-state index >= 15 is 0 Å². The third-order valence-electron chi connectivity index (χ3n) is 4.08. The summed E-state index contributed by atoms with van der Waals surface area (Å²) in [5.41, 5.74) is 0. The molecule has 1 aromatic rings. The van der Waals surface area contributed by atoms with Crippen LogP contribution < -0.4 is 4.74 Å². The van der Waals surface area contributed by atoms with Gasteiger partial charge in [0.25, 0.3) is 5.92 Å². The molecule has 2 aliphatic heterocycles. The van der Waals surface area contributed by atoms with Crippen molar-refractivity contribution in [2.45, 2.75) is 24.8 Å². The number of likely N-dealkylation sites (tertiary alicyclic amines) is 1. The lowest BCUT2D eigenvalue weighted by atomic mass is 10.0. The number of alkyl halides is 2. The smallest absolute Gasteiger partial charge is 0.391 e. The van der Waals surface area contributed by atoms with E-state index in [0.29, 0.717) is 11.4 Å². The van der Waals surface area contributed by atoms with Gasteiger partial charge in [0.2, 0.25) is 15.9 Å². The molecule has 138 valence electrons. The van der Waals surface area contributed by atoms with Gasteiger partial charge in [0.1, 0.15) is 0 Å². The maximum Gasteiger partial charge on any atom is 0.416 e. The number of aromatic nitrogens is 1. The molecule has 3 heterocycles. The van der Waals surface area contributed by atoms with Crippen LogP contribution in [0.15, 0.2) is 18.3 Å². The van der Waals surface area contributed by atoms with Crippen LogP contribution in [-0.4, -0.2) is 66.1 Å². The maximum absolute atomic E-state index is 14.1. The molecule has 7 nitrogen and oxygen atoms in total. The van der Waals surface area contributed by atoms with Crippen molar-refractivity contribution in [2.24, 2.45) is 0 Å². The minimum atomic E-state index is -3.56. The van der Waals surface area contributed by atoms with E-state index in [1.807, 2.05) is 0 Å². The second kappa shape index (κ2) is 6.65. The van der Waals surface area contributed by atoms with E-state index in [0.717, 1.165) is 9.21 Å². The van der Waals surface area contributed by atoms with E-state index < -0.39 is 41.0 Å². The van der Waals surface area contributed by atoms with Gasteiger partial charge in [-0.25, -0.2) is 27.0 Å². The summed E-state index contributed by atoms with van der Waals surface area (Å²) in [6.07, 6.45) is 0.0312. The Morgan fingerprint density at radius 2 is 2.16 bits per heavy atom. The minimum absolute atomic E-state index is 0.0613. The van der Waals surface area contributed by atoms with Gasteiger partial charge in [0, 0.05) is 37.8 Å². The van der Waals surface area contributed by atoms with Gasteiger partial charge in [-0.05, 0) is 12.5 Å². The highest BCUT2D eigenvalue weighted by Crippen LogP contribution is 2.32. The van der Waals surface area contributed by atoms with Crippen molar-refractivity contribution in [1.29, 1.82) is 0 Å². The quantitative estimate of drug-likeness (QED) is 0.765. The second-order valence-corrected chi connectivity index (χ2v) is 8.53. The Kier molecular flexibility index (Phi) is 4.86. The van der Waals surface area contributed by atoms with Gasteiger partial charge in [0.15, 0.2) is 0 Å². The van der Waals surface area contributed by atoms with Gasteiger partial charge >= 0.3 is 6.09 Å². The minimum Gasteiger partial charge on any atom is -0.391 e. The number of nitrogens with zero attached hydrogens (tertiary/aromatic N) is 3. The molecule has 0 aromatic carbocycles. The summed E-state index contributed by atoms with van der Waals surface area (Å²) in [5, 5.41) is 0.337. The summed E-state index contributed by atoms with van der Waals surface area (Å²) >= 11 is 5.68. The molecule has 0 saturated carbocycles. The lowest BCUT2D eigenvalue weighted by molar-refractivity contribution is -0.0761. The molecular formula is C14H16ClF2N3O4S. The molecule has 0 spiro atoms. The van der Waals surface area contributed by atoms with Crippen molar-refractivity contribution in [2.75, 3.05) is 25.4 Å². The van der Waals surface area contributed by atoms with Crippen molar-refractivity contribution in [1.82, 2.24) is 14.2 Å². The highest BCUT2D eigenvalue weighted by molar-refractivity contribution is 7.89. The number of hydrogen-bond acceptors (Lipinski definition) is 5. The molecule has 0 aliphatic carbocycles. The number of pyridine rings is 1. The standard InChI is InChI=1S/C14H16ClF2N3O4S/c15-10-2-3-12(18-7-10)24-13(21)19-8-11(6-14(16,17)9-19)20-4-1-5-25(20,22)23/h2-3,7,11H,1,4-6,8-9H2. The van der Waals surface area contributed by atoms with E-state index in [-0.39, 0.29) is 24.7 Å². The highest BCUT2D eigenvalue weighted by atomic mass is 35.5. The summed E-state index contributed by atoms with van der Waals surface area (Å²) in [5.74, 6) is -3.34. The lowest BCUT2D eigenvalue weighted by Crippen LogP contribution is -2.57. The van der Waals surface area contributed by atoms with Gasteiger partial charge in [-0.2, -0.15) is 4.31 Å². The zero-order valence-corrected chi connectivity index (χ0v) is 14.6. The summed E-state index contributed by atoms with van der Waals surface area (Å²) < 4.78 is 58.2. The van der Waals surface area contributed by atoms with Crippen LogP contribution in [0.3, 0.4) is 0 Å². The first-order chi connectivity index (χ1) is 11.7. The molecule has 11 heteroatoms. The Labute approximate surface area is 148 Å². The Morgan fingerprint density at radius 3 is 2.76 bits per heavy atom. The van der Waals surface area contributed by atoms with Gasteiger partial charge in [0.05, 0.1) is 17.3 Å². The molecular weight excluding hydrogens is 380 g/mol. The Bertz CT molecular complexity index is 760.